The molecular formula is C14H12ClF4N3O2. The molecule has 0 aliphatic carbocycles. The summed E-state index contributed by atoms with van der Waals surface area (Å²) < 4.78 is 57.8. The zero-order valence-corrected chi connectivity index (χ0v) is 13.3. The van der Waals surface area contributed by atoms with Gasteiger partial charge in [-0.1, -0.05) is 11.6 Å². The Hall–Kier alpha value is -2.29. The molecule has 0 spiro atoms. The van der Waals surface area contributed by atoms with Gasteiger partial charge in [0.25, 0.3) is 0 Å². The molecule has 0 radical (unpaired) electrons. The normalized spacial score (nSPS) is 11.5. The number of amides is 1. The highest BCUT2D eigenvalue weighted by molar-refractivity contribution is 6.32. The first kappa shape index (κ1) is 18.1. The number of halogens is 5. The lowest BCUT2D eigenvalue weighted by atomic mass is 10.2. The zero-order valence-electron chi connectivity index (χ0n) is 12.5. The van der Waals surface area contributed by atoms with Crippen molar-refractivity contribution in [1.29, 1.82) is 0 Å². The lowest BCUT2D eigenvalue weighted by Crippen LogP contribution is -2.29. The summed E-state index contributed by atoms with van der Waals surface area (Å²) in [6.07, 6.45) is -4.74. The molecule has 0 saturated carbocycles. The third-order valence-corrected chi connectivity index (χ3v) is 3.20. The Morgan fingerprint density at radius 3 is 2.58 bits per heavy atom. The van der Waals surface area contributed by atoms with Gasteiger partial charge in [-0.25, -0.2) is 9.18 Å². The average molecular weight is 366 g/mol. The summed E-state index contributed by atoms with van der Waals surface area (Å²) in [5, 5.41) is 5.76. The van der Waals surface area contributed by atoms with E-state index in [1.165, 1.54) is 6.07 Å². The number of carbonyl (C=O) groups excluding carboxylic acids is 1. The molecule has 0 atom stereocenters. The molecule has 1 aromatic heterocycles. The van der Waals surface area contributed by atoms with Crippen LogP contribution in [-0.2, 0) is 6.18 Å². The van der Waals surface area contributed by atoms with Crippen LogP contribution in [0.15, 0.2) is 18.2 Å². The molecular weight excluding hydrogens is 354 g/mol. The van der Waals surface area contributed by atoms with Gasteiger partial charge in [-0.2, -0.15) is 17.9 Å². The number of alkyl halides is 3. The van der Waals surface area contributed by atoms with Gasteiger partial charge in [-0.15, -0.1) is 5.10 Å². The minimum Gasteiger partial charge on any atom is -0.433 e. The highest BCUT2D eigenvalue weighted by Gasteiger charge is 2.32. The van der Waals surface area contributed by atoms with E-state index in [-0.39, 0.29) is 11.9 Å². The molecule has 0 fully saturated rings. The lowest BCUT2D eigenvalue weighted by molar-refractivity contribution is -0.137. The van der Waals surface area contributed by atoms with Gasteiger partial charge >= 0.3 is 12.2 Å². The van der Waals surface area contributed by atoms with Crippen LogP contribution < -0.4 is 10.1 Å². The molecule has 0 saturated heterocycles. The van der Waals surface area contributed by atoms with Crippen molar-refractivity contribution >= 4 is 17.6 Å². The Bertz CT molecular complexity index is 751. The Morgan fingerprint density at radius 1 is 1.38 bits per heavy atom. The van der Waals surface area contributed by atoms with E-state index in [2.05, 4.69) is 10.4 Å². The largest absolute Gasteiger partial charge is 0.433 e. The summed E-state index contributed by atoms with van der Waals surface area (Å²) in [6, 6.07) is 1.62. The van der Waals surface area contributed by atoms with Gasteiger partial charge < -0.3 is 10.1 Å². The summed E-state index contributed by atoms with van der Waals surface area (Å²) in [5.74, 6) is -2.08. The van der Waals surface area contributed by atoms with E-state index < -0.39 is 34.4 Å². The van der Waals surface area contributed by atoms with Crippen molar-refractivity contribution in [1.82, 2.24) is 15.1 Å². The number of nitrogens with one attached hydrogen (secondary N) is 1. The van der Waals surface area contributed by atoms with Gasteiger partial charge in [0.05, 0.1) is 16.3 Å². The van der Waals surface area contributed by atoms with E-state index in [0.29, 0.717) is 18.3 Å². The minimum absolute atomic E-state index is 0.181. The molecule has 1 N–H and O–H groups in total. The first-order valence-corrected chi connectivity index (χ1v) is 7.10. The summed E-state index contributed by atoms with van der Waals surface area (Å²) in [6.45, 7) is 3.64. The Labute approximate surface area is 139 Å². The van der Waals surface area contributed by atoms with Crippen molar-refractivity contribution in [2.45, 2.75) is 20.0 Å². The van der Waals surface area contributed by atoms with Crippen LogP contribution in [0.4, 0.5) is 22.4 Å². The molecule has 1 amide bonds. The quantitative estimate of drug-likeness (QED) is 0.822. The second-order valence-electron chi connectivity index (χ2n) is 4.74. The first-order chi connectivity index (χ1) is 11.1. The van der Waals surface area contributed by atoms with Gasteiger partial charge in [-0.3, -0.25) is 0 Å². The Morgan fingerprint density at radius 2 is 2.04 bits per heavy atom. The molecule has 1 aromatic carbocycles. The second-order valence-corrected chi connectivity index (χ2v) is 5.15. The first-order valence-electron chi connectivity index (χ1n) is 6.72. The number of aryl methyl sites for hydroxylation is 1. The summed E-state index contributed by atoms with van der Waals surface area (Å²) in [7, 11) is 0. The standard InChI is InChI=1S/C14H12ClF4N3O2/c1-3-20-13(23)22-7(2)4-11(21-22)24-12-9(15)5-8(6-10(12)16)14(17,18)19/h4-6H,3H2,1-2H3,(H,20,23). The third kappa shape index (κ3) is 3.78. The number of carbonyl (C=O) groups is 1. The number of benzene rings is 1. The van der Waals surface area contributed by atoms with Crippen molar-refractivity contribution in [2.24, 2.45) is 0 Å². The van der Waals surface area contributed by atoms with E-state index in [9.17, 15) is 22.4 Å². The molecule has 2 rings (SSSR count). The van der Waals surface area contributed by atoms with Crippen LogP contribution in [0.1, 0.15) is 18.2 Å². The molecule has 1 heterocycles. The van der Waals surface area contributed by atoms with Gasteiger partial charge in [0.15, 0.2) is 11.6 Å². The van der Waals surface area contributed by atoms with Gasteiger partial charge in [0, 0.05) is 12.6 Å². The zero-order chi connectivity index (χ0) is 18.1. The summed E-state index contributed by atoms with van der Waals surface area (Å²) in [5.41, 5.74) is -0.847. The maximum atomic E-state index is 13.9. The van der Waals surface area contributed by atoms with E-state index in [1.807, 2.05) is 0 Å². The maximum Gasteiger partial charge on any atom is 0.416 e. The number of rotatable bonds is 3. The number of nitrogens with zero attached hydrogens (tertiary/aromatic N) is 2. The number of hydrogen-bond acceptors (Lipinski definition) is 3. The molecule has 0 unspecified atom stereocenters. The van der Waals surface area contributed by atoms with E-state index >= 15 is 0 Å². The fourth-order valence-corrected chi connectivity index (χ4v) is 2.10. The van der Waals surface area contributed by atoms with Crippen LogP contribution in [0.5, 0.6) is 11.6 Å². The second kappa shape index (κ2) is 6.68. The van der Waals surface area contributed by atoms with Crippen LogP contribution in [0.25, 0.3) is 0 Å². The van der Waals surface area contributed by atoms with Crippen LogP contribution in [0, 0.1) is 12.7 Å². The smallest absolute Gasteiger partial charge is 0.416 e. The van der Waals surface area contributed by atoms with Crippen molar-refractivity contribution in [3.8, 4) is 11.6 Å². The van der Waals surface area contributed by atoms with Crippen LogP contribution in [-0.4, -0.2) is 22.4 Å². The predicted octanol–water partition coefficient (Wildman–Crippen LogP) is 4.37. The maximum absolute atomic E-state index is 13.9. The summed E-state index contributed by atoms with van der Waals surface area (Å²) in [4.78, 5) is 11.7. The molecule has 0 aliphatic rings. The molecule has 2 aromatic rings. The monoisotopic (exact) mass is 365 g/mol. The number of ether oxygens (including phenoxy) is 1. The fourth-order valence-electron chi connectivity index (χ4n) is 1.85. The number of hydrogen-bond donors (Lipinski definition) is 1. The topological polar surface area (TPSA) is 56.2 Å². The Balaban J connectivity index is 2.32. The van der Waals surface area contributed by atoms with Crippen LogP contribution in [0.2, 0.25) is 5.02 Å². The third-order valence-electron chi connectivity index (χ3n) is 2.92. The van der Waals surface area contributed by atoms with Crippen molar-refractivity contribution in [3.63, 3.8) is 0 Å². The lowest BCUT2D eigenvalue weighted by Gasteiger charge is -2.11. The molecule has 0 bridgehead atoms. The highest BCUT2D eigenvalue weighted by Crippen LogP contribution is 2.38. The van der Waals surface area contributed by atoms with Gasteiger partial charge in [0.2, 0.25) is 5.88 Å². The molecule has 24 heavy (non-hydrogen) atoms. The van der Waals surface area contributed by atoms with Crippen LogP contribution in [0.3, 0.4) is 0 Å². The fraction of sp³-hybridized carbons (Fsp3) is 0.286. The van der Waals surface area contributed by atoms with E-state index in [1.54, 1.807) is 13.8 Å². The molecule has 5 nitrogen and oxygen atoms in total. The van der Waals surface area contributed by atoms with Crippen molar-refractivity contribution in [2.75, 3.05) is 6.54 Å². The molecule has 0 aliphatic heterocycles. The molecule has 10 heteroatoms. The van der Waals surface area contributed by atoms with Gasteiger partial charge in [0.1, 0.15) is 0 Å². The van der Waals surface area contributed by atoms with Crippen LogP contribution >= 0.6 is 11.6 Å². The number of aromatic nitrogens is 2. The SMILES string of the molecule is CCNC(=O)n1nc(Oc2c(F)cc(C(F)(F)F)cc2Cl)cc1C. The highest BCUT2D eigenvalue weighted by atomic mass is 35.5. The predicted molar refractivity (Wildman–Crippen MR) is 77.9 cm³/mol. The minimum atomic E-state index is -4.74. The van der Waals surface area contributed by atoms with E-state index in [0.717, 1.165) is 4.68 Å². The van der Waals surface area contributed by atoms with Crippen molar-refractivity contribution in [3.05, 3.63) is 40.3 Å². The van der Waals surface area contributed by atoms with E-state index in [4.69, 9.17) is 16.3 Å². The Kier molecular flexibility index (Phi) is 5.02. The summed E-state index contributed by atoms with van der Waals surface area (Å²) >= 11 is 5.67. The van der Waals surface area contributed by atoms with Crippen molar-refractivity contribution < 1.29 is 27.1 Å². The average Bonchev–Trinajstić information content (AvgIpc) is 2.83. The van der Waals surface area contributed by atoms with Gasteiger partial charge in [-0.05, 0) is 26.0 Å². The molecule has 130 valence electrons.